The first-order valence-corrected chi connectivity index (χ1v) is 6.43. The summed E-state index contributed by atoms with van der Waals surface area (Å²) < 4.78 is 5.17. The van der Waals surface area contributed by atoms with Gasteiger partial charge in [0.25, 0.3) is 0 Å². The second-order valence-electron chi connectivity index (χ2n) is 5.63. The zero-order chi connectivity index (χ0) is 14.3. The Morgan fingerprint density at radius 1 is 1.11 bits per heavy atom. The molecule has 104 valence electrons. The maximum Gasteiger partial charge on any atom is 0.306 e. The molecule has 0 heterocycles. The molecule has 4 nitrogen and oxygen atoms in total. The van der Waals surface area contributed by atoms with E-state index in [1.807, 2.05) is 27.7 Å². The van der Waals surface area contributed by atoms with Crippen molar-refractivity contribution < 1.29 is 19.1 Å². The first kappa shape index (κ1) is 16.8. The normalized spacial score (nSPS) is 12.9. The molecule has 0 bridgehead atoms. The second kappa shape index (κ2) is 7.29. The van der Waals surface area contributed by atoms with Crippen molar-refractivity contribution in [2.45, 2.75) is 65.9 Å². The van der Waals surface area contributed by atoms with Crippen molar-refractivity contribution in [3.8, 4) is 0 Å². The minimum atomic E-state index is -0.478. The van der Waals surface area contributed by atoms with Gasteiger partial charge in [0.05, 0.1) is 0 Å². The van der Waals surface area contributed by atoms with Crippen LogP contribution in [0.1, 0.15) is 60.3 Å². The first-order valence-electron chi connectivity index (χ1n) is 6.43. The van der Waals surface area contributed by atoms with Gasteiger partial charge in [0, 0.05) is 19.3 Å². The zero-order valence-corrected chi connectivity index (χ0v) is 12.0. The molecule has 0 aliphatic heterocycles. The summed E-state index contributed by atoms with van der Waals surface area (Å²) in [6, 6.07) is 0. The van der Waals surface area contributed by atoms with Crippen LogP contribution in [0.2, 0.25) is 0 Å². The maximum atomic E-state index is 11.5. The molecule has 0 aliphatic rings. The number of hydrogen-bond acceptors (Lipinski definition) is 4. The highest BCUT2D eigenvalue weighted by molar-refractivity contribution is 6.37. The van der Waals surface area contributed by atoms with Gasteiger partial charge >= 0.3 is 5.97 Å². The number of carbonyl (C=O) groups excluding carboxylic acids is 3. The van der Waals surface area contributed by atoms with Crippen LogP contribution in [0.5, 0.6) is 0 Å². The summed E-state index contributed by atoms with van der Waals surface area (Å²) in [6.07, 6.45) is 1.32. The van der Waals surface area contributed by atoms with Crippen LogP contribution in [-0.4, -0.2) is 23.1 Å². The van der Waals surface area contributed by atoms with Crippen molar-refractivity contribution in [1.29, 1.82) is 0 Å². The Hall–Kier alpha value is -1.19. The molecule has 0 N–H and O–H groups in total. The Balaban J connectivity index is 3.97. The molecular formula is C14H24O4. The molecule has 0 saturated carbocycles. The lowest BCUT2D eigenvalue weighted by molar-refractivity contribution is -0.155. The van der Waals surface area contributed by atoms with E-state index in [0.29, 0.717) is 6.42 Å². The maximum absolute atomic E-state index is 11.5. The molecule has 0 radical (unpaired) electrons. The fourth-order valence-electron chi connectivity index (χ4n) is 1.49. The van der Waals surface area contributed by atoms with E-state index in [4.69, 9.17) is 4.74 Å². The van der Waals surface area contributed by atoms with Crippen molar-refractivity contribution >= 4 is 17.5 Å². The SMILES string of the molecule is CCC(=O)C(=O)C[C@@H](C)CCC(=O)OC(C)(C)C. The van der Waals surface area contributed by atoms with Gasteiger partial charge in [0.15, 0.2) is 11.6 Å². The Kier molecular flexibility index (Phi) is 6.81. The molecule has 0 saturated heterocycles. The van der Waals surface area contributed by atoms with Gasteiger partial charge in [-0.3, -0.25) is 14.4 Å². The third-order valence-corrected chi connectivity index (χ3v) is 2.43. The summed E-state index contributed by atoms with van der Waals surface area (Å²) in [4.78, 5) is 34.0. The van der Waals surface area contributed by atoms with Crippen LogP contribution in [0.3, 0.4) is 0 Å². The standard InChI is InChI=1S/C14H24O4/c1-6-11(15)12(16)9-10(2)7-8-13(17)18-14(3,4)5/h10H,6-9H2,1-5H3/t10-/m0/s1. The van der Waals surface area contributed by atoms with Gasteiger partial charge in [0.1, 0.15) is 5.60 Å². The molecule has 0 aliphatic carbocycles. The lowest BCUT2D eigenvalue weighted by Gasteiger charge is -2.20. The van der Waals surface area contributed by atoms with Gasteiger partial charge in [-0.2, -0.15) is 0 Å². The van der Waals surface area contributed by atoms with Crippen molar-refractivity contribution in [1.82, 2.24) is 0 Å². The second-order valence-corrected chi connectivity index (χ2v) is 5.63. The van der Waals surface area contributed by atoms with Gasteiger partial charge in [0.2, 0.25) is 0 Å². The Bertz CT molecular complexity index is 312. The smallest absolute Gasteiger partial charge is 0.306 e. The van der Waals surface area contributed by atoms with E-state index in [9.17, 15) is 14.4 Å². The topological polar surface area (TPSA) is 60.4 Å². The molecule has 1 atom stereocenters. The van der Waals surface area contributed by atoms with Crippen LogP contribution in [0.4, 0.5) is 0 Å². The number of esters is 1. The van der Waals surface area contributed by atoms with E-state index in [1.165, 1.54) is 0 Å². The fourth-order valence-corrected chi connectivity index (χ4v) is 1.49. The predicted molar refractivity (Wildman–Crippen MR) is 69.2 cm³/mol. The minimum Gasteiger partial charge on any atom is -0.460 e. The minimum absolute atomic E-state index is 0.0283. The molecule has 0 rings (SSSR count). The first-order chi connectivity index (χ1) is 8.15. The van der Waals surface area contributed by atoms with E-state index >= 15 is 0 Å². The lowest BCUT2D eigenvalue weighted by atomic mass is 9.97. The van der Waals surface area contributed by atoms with Crippen LogP contribution in [0.25, 0.3) is 0 Å². The Morgan fingerprint density at radius 3 is 2.11 bits per heavy atom. The highest BCUT2D eigenvalue weighted by Crippen LogP contribution is 2.15. The number of carbonyl (C=O) groups is 3. The molecular weight excluding hydrogens is 232 g/mol. The fraction of sp³-hybridized carbons (Fsp3) is 0.786. The third kappa shape index (κ3) is 7.98. The third-order valence-electron chi connectivity index (χ3n) is 2.43. The van der Waals surface area contributed by atoms with Crippen LogP contribution >= 0.6 is 0 Å². The van der Waals surface area contributed by atoms with Crippen molar-refractivity contribution in [3.05, 3.63) is 0 Å². The van der Waals surface area contributed by atoms with Crippen LogP contribution < -0.4 is 0 Å². The Labute approximate surface area is 109 Å². The number of Topliss-reactive ketones (excluding diaryl/α,β-unsaturated/α-hetero) is 2. The Morgan fingerprint density at radius 2 is 1.67 bits per heavy atom. The highest BCUT2D eigenvalue weighted by atomic mass is 16.6. The number of hydrogen-bond donors (Lipinski definition) is 0. The zero-order valence-electron chi connectivity index (χ0n) is 12.0. The van der Waals surface area contributed by atoms with E-state index in [-0.39, 0.29) is 42.7 Å². The van der Waals surface area contributed by atoms with Crippen molar-refractivity contribution in [3.63, 3.8) is 0 Å². The van der Waals surface area contributed by atoms with Crippen LogP contribution in [-0.2, 0) is 19.1 Å². The molecule has 4 heteroatoms. The molecule has 0 aromatic rings. The molecule has 0 unspecified atom stereocenters. The van der Waals surface area contributed by atoms with Crippen LogP contribution in [0, 0.1) is 5.92 Å². The van der Waals surface area contributed by atoms with Gasteiger partial charge in [-0.05, 0) is 33.1 Å². The molecule has 0 aromatic carbocycles. The number of ether oxygens (including phenoxy) is 1. The predicted octanol–water partition coefficient (Wildman–Crippen LogP) is 2.68. The molecule has 0 aromatic heterocycles. The highest BCUT2D eigenvalue weighted by Gasteiger charge is 2.19. The summed E-state index contributed by atoms with van der Waals surface area (Å²) in [5.41, 5.74) is -0.478. The average Bonchev–Trinajstić information content (AvgIpc) is 2.22. The number of ketones is 2. The van der Waals surface area contributed by atoms with E-state index in [0.717, 1.165) is 0 Å². The van der Waals surface area contributed by atoms with E-state index < -0.39 is 5.60 Å². The summed E-state index contributed by atoms with van der Waals surface area (Å²) in [5.74, 6) is -0.905. The van der Waals surface area contributed by atoms with Gasteiger partial charge in [-0.25, -0.2) is 0 Å². The van der Waals surface area contributed by atoms with E-state index in [2.05, 4.69) is 0 Å². The van der Waals surface area contributed by atoms with Gasteiger partial charge in [-0.1, -0.05) is 13.8 Å². The molecule has 0 spiro atoms. The van der Waals surface area contributed by atoms with Gasteiger partial charge in [-0.15, -0.1) is 0 Å². The van der Waals surface area contributed by atoms with Crippen molar-refractivity contribution in [2.24, 2.45) is 5.92 Å². The summed E-state index contributed by atoms with van der Waals surface area (Å²) in [6.45, 7) is 8.99. The lowest BCUT2D eigenvalue weighted by Crippen LogP contribution is -2.24. The van der Waals surface area contributed by atoms with Crippen molar-refractivity contribution in [2.75, 3.05) is 0 Å². The molecule has 0 amide bonds. The summed E-state index contributed by atoms with van der Waals surface area (Å²) in [5, 5.41) is 0. The summed E-state index contributed by atoms with van der Waals surface area (Å²) >= 11 is 0. The quantitative estimate of drug-likeness (QED) is 0.519. The summed E-state index contributed by atoms with van der Waals surface area (Å²) in [7, 11) is 0. The van der Waals surface area contributed by atoms with Crippen LogP contribution in [0.15, 0.2) is 0 Å². The largest absolute Gasteiger partial charge is 0.460 e. The molecule has 18 heavy (non-hydrogen) atoms. The average molecular weight is 256 g/mol. The molecule has 0 fully saturated rings. The van der Waals surface area contributed by atoms with E-state index in [1.54, 1.807) is 6.92 Å². The number of rotatable bonds is 7. The van der Waals surface area contributed by atoms with Gasteiger partial charge < -0.3 is 4.74 Å². The monoisotopic (exact) mass is 256 g/mol.